The average Bonchev–Trinajstić information content (AvgIpc) is 3.09. The summed E-state index contributed by atoms with van der Waals surface area (Å²) in [6.07, 6.45) is 3.56. The van der Waals surface area contributed by atoms with Gasteiger partial charge in [-0.2, -0.15) is 0 Å². The maximum absolute atomic E-state index is 11.2. The lowest BCUT2D eigenvalue weighted by molar-refractivity contribution is -0.142. The van der Waals surface area contributed by atoms with E-state index in [0.717, 1.165) is 39.3 Å². The average molecular weight is 367 g/mol. The smallest absolute Gasteiger partial charge is 0.320 e. The molecule has 1 N–H and O–H groups in total. The van der Waals surface area contributed by atoms with E-state index in [1.165, 1.54) is 0 Å². The first-order chi connectivity index (χ1) is 10.1. The Bertz CT molecular complexity index is 641. The summed E-state index contributed by atoms with van der Waals surface area (Å²) in [4.78, 5) is 18.8. The number of likely N-dealkylation sites (tertiary alicyclic amines) is 1. The van der Waals surface area contributed by atoms with Crippen LogP contribution in [0.3, 0.4) is 0 Å². The van der Waals surface area contributed by atoms with Crippen LogP contribution in [0, 0.1) is 0 Å². The number of hydrogen-bond acceptors (Lipinski definition) is 4. The van der Waals surface area contributed by atoms with Gasteiger partial charge in [0.15, 0.2) is 0 Å². The van der Waals surface area contributed by atoms with Gasteiger partial charge < -0.3 is 5.11 Å². The number of carbonyl (C=O) groups is 1. The summed E-state index contributed by atoms with van der Waals surface area (Å²) in [5.74, 6) is -0.717. The number of hydrogen-bond donors (Lipinski definition) is 1. The third-order valence-electron chi connectivity index (χ3n) is 3.65. The lowest BCUT2D eigenvalue weighted by Crippen LogP contribution is -2.35. The molecule has 0 aliphatic carbocycles. The molecule has 3 rings (SSSR count). The molecule has 2 aromatic rings. The van der Waals surface area contributed by atoms with Gasteiger partial charge in [0.25, 0.3) is 0 Å². The van der Waals surface area contributed by atoms with E-state index in [1.807, 2.05) is 35.4 Å². The van der Waals surface area contributed by atoms with Crippen molar-refractivity contribution in [3.8, 4) is 10.6 Å². The molecule has 6 heteroatoms. The third kappa shape index (κ3) is 3.33. The number of rotatable bonds is 4. The minimum atomic E-state index is -0.717. The van der Waals surface area contributed by atoms with Gasteiger partial charge in [0.05, 0.1) is 0 Å². The van der Waals surface area contributed by atoms with Gasteiger partial charge >= 0.3 is 5.97 Å². The van der Waals surface area contributed by atoms with E-state index in [4.69, 9.17) is 0 Å². The summed E-state index contributed by atoms with van der Waals surface area (Å²) < 4.78 is 1.05. The van der Waals surface area contributed by atoms with Gasteiger partial charge in [-0.3, -0.25) is 9.69 Å². The van der Waals surface area contributed by atoms with Crippen LogP contribution in [-0.2, 0) is 11.3 Å². The Morgan fingerprint density at radius 2 is 2.19 bits per heavy atom. The summed E-state index contributed by atoms with van der Waals surface area (Å²) in [5.41, 5.74) is 1.09. The van der Waals surface area contributed by atoms with E-state index in [0.29, 0.717) is 6.54 Å². The molecule has 1 aromatic heterocycles. The first-order valence-corrected chi connectivity index (χ1v) is 8.42. The van der Waals surface area contributed by atoms with Crippen LogP contribution in [0.4, 0.5) is 0 Å². The highest BCUT2D eigenvalue weighted by molar-refractivity contribution is 9.10. The molecule has 21 heavy (non-hydrogen) atoms. The van der Waals surface area contributed by atoms with Crippen molar-refractivity contribution in [2.75, 3.05) is 6.54 Å². The van der Waals surface area contributed by atoms with Crippen molar-refractivity contribution in [3.05, 3.63) is 39.8 Å². The normalized spacial score (nSPS) is 19.0. The maximum Gasteiger partial charge on any atom is 0.320 e. The Morgan fingerprint density at radius 1 is 1.43 bits per heavy atom. The molecule has 1 fully saturated rings. The van der Waals surface area contributed by atoms with Crippen molar-refractivity contribution in [2.45, 2.75) is 25.4 Å². The van der Waals surface area contributed by atoms with Crippen molar-refractivity contribution in [3.63, 3.8) is 0 Å². The molecule has 2 heterocycles. The van der Waals surface area contributed by atoms with Gasteiger partial charge in [0.2, 0.25) is 0 Å². The molecule has 0 radical (unpaired) electrons. The predicted molar refractivity (Wildman–Crippen MR) is 86.3 cm³/mol. The molecule has 1 aromatic carbocycles. The maximum atomic E-state index is 11.2. The SMILES string of the molecule is O=C(O)C1CCCN1Cc1cnc(-c2ccc(Br)cc2)s1. The molecule has 1 unspecified atom stereocenters. The number of benzene rings is 1. The number of halogens is 1. The Hall–Kier alpha value is -1.24. The van der Waals surface area contributed by atoms with Crippen LogP contribution < -0.4 is 0 Å². The van der Waals surface area contributed by atoms with Gasteiger partial charge in [0.1, 0.15) is 11.0 Å². The van der Waals surface area contributed by atoms with Crippen LogP contribution in [0.25, 0.3) is 10.6 Å². The molecular formula is C15H15BrN2O2S. The number of nitrogens with zero attached hydrogens (tertiary/aromatic N) is 2. The Balaban J connectivity index is 1.73. The highest BCUT2D eigenvalue weighted by Gasteiger charge is 2.30. The predicted octanol–water partition coefficient (Wildman–Crippen LogP) is 3.62. The van der Waals surface area contributed by atoms with E-state index < -0.39 is 5.97 Å². The van der Waals surface area contributed by atoms with E-state index in [9.17, 15) is 9.90 Å². The highest BCUT2D eigenvalue weighted by atomic mass is 79.9. The highest BCUT2D eigenvalue weighted by Crippen LogP contribution is 2.29. The number of aromatic nitrogens is 1. The molecular weight excluding hydrogens is 352 g/mol. The zero-order valence-corrected chi connectivity index (χ0v) is 13.7. The van der Waals surface area contributed by atoms with Gasteiger partial charge in [-0.05, 0) is 31.5 Å². The first kappa shape index (κ1) is 14.7. The second kappa shape index (κ2) is 6.25. The van der Waals surface area contributed by atoms with Gasteiger partial charge in [-0.25, -0.2) is 4.98 Å². The zero-order valence-electron chi connectivity index (χ0n) is 11.3. The quantitative estimate of drug-likeness (QED) is 0.897. The van der Waals surface area contributed by atoms with Crippen LogP contribution in [0.15, 0.2) is 34.9 Å². The van der Waals surface area contributed by atoms with Crippen molar-refractivity contribution >= 4 is 33.2 Å². The number of thiazole rings is 1. The van der Waals surface area contributed by atoms with Crippen molar-refractivity contribution < 1.29 is 9.90 Å². The Labute approximate surface area is 135 Å². The van der Waals surface area contributed by atoms with Gasteiger partial charge in [0, 0.05) is 27.7 Å². The second-order valence-corrected chi connectivity index (χ2v) is 7.14. The summed E-state index contributed by atoms with van der Waals surface area (Å²) in [7, 11) is 0. The molecule has 0 bridgehead atoms. The molecule has 1 aliphatic heterocycles. The summed E-state index contributed by atoms with van der Waals surface area (Å²) in [6, 6.07) is 7.71. The molecule has 0 saturated carbocycles. The van der Waals surface area contributed by atoms with Crippen molar-refractivity contribution in [2.24, 2.45) is 0 Å². The molecule has 0 amide bonds. The molecule has 110 valence electrons. The number of aliphatic carboxylic acids is 1. The fourth-order valence-corrected chi connectivity index (χ4v) is 3.81. The summed E-state index contributed by atoms with van der Waals surface area (Å²) >= 11 is 5.05. The summed E-state index contributed by atoms with van der Waals surface area (Å²) in [5, 5.41) is 10.2. The number of carboxylic acids is 1. The van der Waals surface area contributed by atoms with Gasteiger partial charge in [-0.15, -0.1) is 11.3 Å². The third-order valence-corrected chi connectivity index (χ3v) is 5.21. The molecule has 1 saturated heterocycles. The fourth-order valence-electron chi connectivity index (χ4n) is 2.60. The molecule has 1 aliphatic rings. The second-order valence-electron chi connectivity index (χ2n) is 5.11. The van der Waals surface area contributed by atoms with Crippen molar-refractivity contribution in [1.82, 2.24) is 9.88 Å². The van der Waals surface area contributed by atoms with Gasteiger partial charge in [-0.1, -0.05) is 28.1 Å². The van der Waals surface area contributed by atoms with E-state index in [2.05, 4.69) is 20.9 Å². The molecule has 4 nitrogen and oxygen atoms in total. The van der Waals surface area contributed by atoms with Crippen LogP contribution in [0.2, 0.25) is 0 Å². The van der Waals surface area contributed by atoms with E-state index in [-0.39, 0.29) is 6.04 Å². The van der Waals surface area contributed by atoms with Crippen LogP contribution >= 0.6 is 27.3 Å². The topological polar surface area (TPSA) is 53.4 Å². The minimum absolute atomic E-state index is 0.344. The Kier molecular flexibility index (Phi) is 4.37. The number of carboxylic acid groups (broad SMARTS) is 1. The summed E-state index contributed by atoms with van der Waals surface area (Å²) in [6.45, 7) is 1.52. The largest absolute Gasteiger partial charge is 0.480 e. The Morgan fingerprint density at radius 3 is 2.90 bits per heavy atom. The van der Waals surface area contributed by atoms with Crippen LogP contribution in [-0.4, -0.2) is 33.5 Å². The van der Waals surface area contributed by atoms with E-state index in [1.54, 1.807) is 11.3 Å². The standard InChI is InChI=1S/C15H15BrN2O2S/c16-11-5-3-10(4-6-11)14-17-8-12(21-14)9-18-7-1-2-13(18)15(19)20/h3-6,8,13H,1-2,7,9H2,(H,19,20). The fraction of sp³-hybridized carbons (Fsp3) is 0.333. The van der Waals surface area contributed by atoms with E-state index >= 15 is 0 Å². The van der Waals surface area contributed by atoms with Crippen molar-refractivity contribution in [1.29, 1.82) is 0 Å². The van der Waals surface area contributed by atoms with Crippen LogP contribution in [0.5, 0.6) is 0 Å². The first-order valence-electron chi connectivity index (χ1n) is 6.81. The lowest BCUT2D eigenvalue weighted by atomic mass is 10.2. The van der Waals surface area contributed by atoms with Crippen LogP contribution in [0.1, 0.15) is 17.7 Å². The minimum Gasteiger partial charge on any atom is -0.480 e. The molecule has 0 spiro atoms. The lowest BCUT2D eigenvalue weighted by Gasteiger charge is -2.19. The molecule has 1 atom stereocenters. The monoisotopic (exact) mass is 366 g/mol. The zero-order chi connectivity index (χ0) is 14.8.